The number of morpholine rings is 1. The van der Waals surface area contributed by atoms with E-state index >= 15 is 19.2 Å². The Morgan fingerprint density at radius 2 is 1.43 bits per heavy atom. The smallest absolute Gasteiger partial charge is 0.329 e. The van der Waals surface area contributed by atoms with Gasteiger partial charge in [0.25, 0.3) is 0 Å². The topological polar surface area (TPSA) is 149 Å². The first-order valence-electron chi connectivity index (χ1n) is 23.4. The third kappa shape index (κ3) is 8.37. The van der Waals surface area contributed by atoms with E-state index in [4.69, 9.17) is 9.47 Å². The highest BCUT2D eigenvalue weighted by Crippen LogP contribution is 2.67. The van der Waals surface area contributed by atoms with Crippen LogP contribution in [0.4, 0.5) is 10.5 Å². The molecular weight excluding hydrogens is 845 g/mol. The van der Waals surface area contributed by atoms with E-state index in [1.807, 2.05) is 120 Å². The highest BCUT2D eigenvalue weighted by molar-refractivity contribution is 6.24. The molecule has 3 fully saturated rings. The first-order chi connectivity index (χ1) is 32.8. The summed E-state index contributed by atoms with van der Waals surface area (Å²) in [5.74, 6) is 3.35. The number of benzene rings is 5. The second-order valence-corrected chi connectivity index (χ2v) is 17.7. The van der Waals surface area contributed by atoms with Gasteiger partial charge in [0.1, 0.15) is 29.9 Å². The Morgan fingerprint density at radius 1 is 0.791 bits per heavy atom. The Labute approximate surface area is 391 Å². The van der Waals surface area contributed by atoms with Crippen LogP contribution >= 0.6 is 0 Å². The predicted molar refractivity (Wildman–Crippen MR) is 253 cm³/mol. The Kier molecular flexibility index (Phi) is 13.5. The molecule has 3 N–H and O–H groups in total. The highest BCUT2D eigenvalue weighted by Gasteiger charge is 2.76. The van der Waals surface area contributed by atoms with Gasteiger partial charge in [0.2, 0.25) is 11.8 Å². The van der Waals surface area contributed by atoms with Crippen molar-refractivity contribution < 1.29 is 38.9 Å². The monoisotopic (exact) mass is 900 g/mol. The second kappa shape index (κ2) is 20.0. The summed E-state index contributed by atoms with van der Waals surface area (Å²) in [6.45, 7) is 2.16. The molecular formula is C55H56N4O8. The summed E-state index contributed by atoms with van der Waals surface area (Å²) in [7, 11) is 0. The number of imide groups is 1. The number of esters is 1. The number of aliphatic hydroxyl groups is 2. The minimum atomic E-state index is -1.99. The lowest BCUT2D eigenvalue weighted by molar-refractivity contribution is -0.179. The molecule has 5 aromatic rings. The summed E-state index contributed by atoms with van der Waals surface area (Å²) in [6, 6.07) is 36.5. The maximum absolute atomic E-state index is 16.8. The lowest BCUT2D eigenvalue weighted by atomic mass is 9.64. The average Bonchev–Trinajstić information content (AvgIpc) is 3.80. The Hall–Kier alpha value is -6.78. The predicted octanol–water partition coefficient (Wildman–Crippen LogP) is 7.72. The third-order valence-corrected chi connectivity index (χ3v) is 13.8. The fraction of sp³-hybridized carbons (Fsp3) is 0.345. The van der Waals surface area contributed by atoms with Crippen molar-refractivity contribution in [1.29, 1.82) is 0 Å². The number of hydrogen-bond donors (Lipinski definition) is 3. The molecule has 0 aliphatic carbocycles. The van der Waals surface area contributed by atoms with Gasteiger partial charge in [-0.05, 0) is 66.3 Å². The first kappa shape index (κ1) is 45.4. The van der Waals surface area contributed by atoms with Crippen molar-refractivity contribution in [3.8, 4) is 17.6 Å². The van der Waals surface area contributed by atoms with Crippen LogP contribution in [0.25, 0.3) is 0 Å². The van der Waals surface area contributed by atoms with Crippen molar-refractivity contribution in [2.45, 2.75) is 81.1 Å². The van der Waals surface area contributed by atoms with Crippen LogP contribution in [-0.2, 0) is 24.5 Å². The van der Waals surface area contributed by atoms with Crippen molar-refractivity contribution in [1.82, 2.24) is 15.1 Å². The zero-order valence-corrected chi connectivity index (χ0v) is 37.6. The van der Waals surface area contributed by atoms with Gasteiger partial charge in [0, 0.05) is 30.6 Å². The lowest BCUT2D eigenvalue weighted by Crippen LogP contribution is -2.57. The van der Waals surface area contributed by atoms with Crippen LogP contribution in [0.1, 0.15) is 103 Å². The number of ether oxygens (including phenoxy) is 2. The van der Waals surface area contributed by atoms with E-state index in [0.717, 1.165) is 53.7 Å². The largest absolute Gasteiger partial charge is 0.491 e. The van der Waals surface area contributed by atoms with Gasteiger partial charge in [-0.3, -0.25) is 19.3 Å². The van der Waals surface area contributed by atoms with Crippen molar-refractivity contribution in [3.05, 3.63) is 167 Å². The molecule has 5 aromatic carbocycles. The summed E-state index contributed by atoms with van der Waals surface area (Å²) in [4.78, 5) is 68.7. The van der Waals surface area contributed by atoms with Gasteiger partial charge in [0.15, 0.2) is 0 Å². The molecule has 0 saturated carbocycles. The van der Waals surface area contributed by atoms with Crippen LogP contribution in [0.15, 0.2) is 133 Å². The van der Waals surface area contributed by atoms with Crippen molar-refractivity contribution in [3.63, 3.8) is 0 Å². The van der Waals surface area contributed by atoms with Crippen LogP contribution < -0.4 is 15.0 Å². The standard InChI is InChI=1S/C55H56N4O8/c1-37(39-21-8-5-9-22-39)56-54(65)58-44-30-29-38(20-16-19-33-60)36-43(44)55(53(58)64)46(51(62)57-31-17-3-2-4-18-32-57)48-52(63)67-49(41-25-12-7-13-26-41)47(40-23-10-6-11-24-40)59(48)50(55)42-27-14-15-28-45(42)66-35-34-61/h5-15,21-30,36-37,46-50,60-61H,2-4,17-19,31-35H2,1H3,(H,56,65)/t37-,46-,47-,48-,49+,50+,55-/m1/s1. The van der Waals surface area contributed by atoms with Crippen LogP contribution in [0.2, 0.25) is 0 Å². The number of anilines is 1. The number of para-hydroxylation sites is 1. The number of urea groups is 1. The van der Waals surface area contributed by atoms with Crippen molar-refractivity contribution >= 4 is 29.5 Å². The fourth-order valence-electron chi connectivity index (χ4n) is 10.9. The molecule has 0 aromatic heterocycles. The Balaban J connectivity index is 1.37. The van der Waals surface area contributed by atoms with Gasteiger partial charge in [-0.2, -0.15) is 0 Å². The summed E-state index contributed by atoms with van der Waals surface area (Å²) < 4.78 is 13.0. The number of fused-ring (bicyclic) bond motifs is 3. The minimum Gasteiger partial charge on any atom is -0.491 e. The molecule has 3 saturated heterocycles. The second-order valence-electron chi connectivity index (χ2n) is 17.7. The SMILES string of the molecule is C[C@@H](NC(=O)N1C(=O)[C@@]2(c3cc(C#CCCO)ccc31)[C@H](c1ccccc1OCCO)N1[C@H](c3ccccc3)[C@H](c3ccccc3)OC(=O)[C@H]1[C@@H]2C(=O)N1CCCCCCC1)c1ccccc1. The Morgan fingerprint density at radius 3 is 2.12 bits per heavy atom. The van der Waals surface area contributed by atoms with Crippen LogP contribution in [-0.4, -0.2) is 82.8 Å². The molecule has 12 nitrogen and oxygen atoms in total. The van der Waals surface area contributed by atoms with Crippen LogP contribution in [0.3, 0.4) is 0 Å². The molecule has 4 aliphatic heterocycles. The first-order valence-corrected chi connectivity index (χ1v) is 23.4. The number of aliphatic hydroxyl groups excluding tert-OH is 2. The van der Waals surface area contributed by atoms with Gasteiger partial charge in [-0.25, -0.2) is 9.69 Å². The van der Waals surface area contributed by atoms with E-state index in [2.05, 4.69) is 17.2 Å². The summed E-state index contributed by atoms with van der Waals surface area (Å²) in [6.07, 6.45) is 3.69. The number of likely N-dealkylation sites (tertiary alicyclic amines) is 1. The summed E-state index contributed by atoms with van der Waals surface area (Å²) in [5.41, 5.74) is 1.92. The molecule has 4 amide bonds. The molecule has 4 heterocycles. The van der Waals surface area contributed by atoms with Crippen LogP contribution in [0.5, 0.6) is 5.75 Å². The number of hydrogen-bond acceptors (Lipinski definition) is 9. The van der Waals surface area contributed by atoms with E-state index in [1.165, 1.54) is 0 Å². The maximum Gasteiger partial charge on any atom is 0.329 e. The molecule has 0 bridgehead atoms. The maximum atomic E-state index is 16.8. The third-order valence-electron chi connectivity index (χ3n) is 13.8. The zero-order valence-electron chi connectivity index (χ0n) is 37.6. The number of cyclic esters (lactones) is 1. The fourth-order valence-corrected chi connectivity index (χ4v) is 10.9. The zero-order chi connectivity index (χ0) is 46.5. The van der Waals surface area contributed by atoms with E-state index in [-0.39, 0.29) is 37.8 Å². The normalized spacial score (nSPS) is 24.1. The van der Waals surface area contributed by atoms with Crippen molar-refractivity contribution in [2.24, 2.45) is 5.92 Å². The van der Waals surface area contributed by atoms with Crippen molar-refractivity contribution in [2.75, 3.05) is 37.8 Å². The molecule has 7 atom stereocenters. The molecule has 9 rings (SSSR count). The average molecular weight is 901 g/mol. The van der Waals surface area contributed by atoms with Gasteiger partial charge in [-0.1, -0.05) is 140 Å². The molecule has 12 heteroatoms. The molecule has 0 radical (unpaired) electrons. The molecule has 0 unspecified atom stereocenters. The number of carbonyl (C=O) groups excluding carboxylic acids is 4. The molecule has 4 aliphatic rings. The van der Waals surface area contributed by atoms with Gasteiger partial charge in [0.05, 0.1) is 42.9 Å². The number of carbonyl (C=O) groups is 4. The number of amides is 4. The van der Waals surface area contributed by atoms with Crippen LogP contribution in [0, 0.1) is 17.8 Å². The van der Waals surface area contributed by atoms with E-state index in [1.54, 1.807) is 30.3 Å². The van der Waals surface area contributed by atoms with Gasteiger partial charge < -0.3 is 29.9 Å². The Bertz CT molecular complexity index is 2640. The number of rotatable bonds is 10. The van der Waals surface area contributed by atoms with E-state index in [0.29, 0.717) is 35.5 Å². The minimum absolute atomic E-state index is 0.0753. The molecule has 1 spiro atoms. The quantitative estimate of drug-likeness (QED) is 0.0947. The van der Waals surface area contributed by atoms with Gasteiger partial charge >= 0.3 is 12.0 Å². The van der Waals surface area contributed by atoms with Gasteiger partial charge in [-0.15, -0.1) is 0 Å². The summed E-state index contributed by atoms with van der Waals surface area (Å²) >= 11 is 0. The van der Waals surface area contributed by atoms with E-state index in [9.17, 15) is 10.2 Å². The van der Waals surface area contributed by atoms with E-state index < -0.39 is 59.5 Å². The summed E-state index contributed by atoms with van der Waals surface area (Å²) in [5, 5.41) is 22.9. The highest BCUT2D eigenvalue weighted by atomic mass is 16.6. The number of nitrogens with one attached hydrogen (secondary N) is 1. The number of nitrogens with zero attached hydrogens (tertiary/aromatic N) is 3. The molecule has 67 heavy (non-hydrogen) atoms. The molecule has 344 valence electrons. The lowest BCUT2D eigenvalue weighted by Gasteiger charge is -2.46.